The quantitative estimate of drug-likeness (QED) is 0.127. The second kappa shape index (κ2) is 74.1. The second-order valence-corrected chi connectivity index (χ2v) is 10.5. The Morgan fingerprint density at radius 2 is 0.310 bits per heavy atom. The highest BCUT2D eigenvalue weighted by molar-refractivity contribution is 6.63. The normalized spacial score (nSPS) is 7.76. The molecule has 0 saturated carbocycles. The summed E-state index contributed by atoms with van der Waals surface area (Å²) >= 11 is 14.4. The summed E-state index contributed by atoms with van der Waals surface area (Å²) in [5.74, 6) is -1.90. The van der Waals surface area contributed by atoms with Gasteiger partial charge >= 0.3 is 53.7 Å². The van der Waals surface area contributed by atoms with Gasteiger partial charge in [0.1, 0.15) is 0 Å². The average molecular weight is 912 g/mol. The third-order valence-electron chi connectivity index (χ3n) is 3.13. The van der Waals surface area contributed by atoms with Gasteiger partial charge in [-0.25, -0.2) is 0 Å². The van der Waals surface area contributed by atoms with Gasteiger partial charge in [0.15, 0.2) is 4.30 Å². The molecule has 21 heteroatoms. The fourth-order valence-electron chi connectivity index (χ4n) is 1.83. The molecule has 0 unspecified atom stereocenters. The highest BCUT2D eigenvalue weighted by Crippen LogP contribution is 2.03. The zero-order valence-electron chi connectivity index (χ0n) is 37.9. The van der Waals surface area contributed by atoms with Crippen LogP contribution in [0.1, 0.15) is 125 Å². The molecule has 0 aliphatic carbocycles. The van der Waals surface area contributed by atoms with Gasteiger partial charge in [-0.2, -0.15) is 0 Å². The smallest absolute Gasteiger partial charge is 0.302 e. The molecule has 0 aromatic heterocycles. The van der Waals surface area contributed by atoms with E-state index in [0.29, 0.717) is 59.5 Å². The van der Waals surface area contributed by atoms with Crippen molar-refractivity contribution in [2.45, 2.75) is 129 Å². The van der Waals surface area contributed by atoms with E-state index >= 15 is 0 Å². The third kappa shape index (κ3) is 255. The number of carbonyl (C=O) groups excluding carboxylic acids is 9. The van der Waals surface area contributed by atoms with Gasteiger partial charge in [-0.05, 0) is 62.3 Å². The second-order valence-electron chi connectivity index (χ2n) is 8.57. The van der Waals surface area contributed by atoms with Crippen LogP contribution < -0.4 is 0 Å². The molecule has 0 N–H and O–H groups in total. The number of ether oxygens (including phenoxy) is 9. The maximum absolute atomic E-state index is 9.82. The fraction of sp³-hybridized carbons (Fsp3) is 0.757. The van der Waals surface area contributed by atoms with Crippen LogP contribution in [0.15, 0.2) is 0 Å². The summed E-state index contributed by atoms with van der Waals surface area (Å²) in [5.41, 5.74) is 0. The standard InChI is InChI=1S/9C4H8O2.CHCl3/c9*1-3-6-4(2)5;2-1(3)4/h9*3H2,1-2H3;1H. The third-order valence-corrected chi connectivity index (χ3v) is 3.13. The minimum Gasteiger partial charge on any atom is -0.466 e. The van der Waals surface area contributed by atoms with Crippen molar-refractivity contribution < 1.29 is 85.8 Å². The molecule has 0 bridgehead atoms. The molecular formula is C37H73Cl3O18. The molecular weight excluding hydrogens is 839 g/mol. The van der Waals surface area contributed by atoms with Crippen LogP contribution in [0, 0.1) is 0 Å². The monoisotopic (exact) mass is 910 g/mol. The minimum atomic E-state index is -0.750. The highest BCUT2D eigenvalue weighted by Gasteiger charge is 1.86. The van der Waals surface area contributed by atoms with E-state index in [4.69, 9.17) is 34.8 Å². The van der Waals surface area contributed by atoms with Crippen molar-refractivity contribution in [3.05, 3.63) is 0 Å². The van der Waals surface area contributed by atoms with E-state index in [-0.39, 0.29) is 53.7 Å². The lowest BCUT2D eigenvalue weighted by atomic mass is 10.8. The Hall–Kier alpha value is -3.90. The van der Waals surface area contributed by atoms with Crippen LogP contribution in [0.2, 0.25) is 0 Å². The van der Waals surface area contributed by atoms with Crippen molar-refractivity contribution >= 4 is 88.5 Å². The lowest BCUT2D eigenvalue weighted by Crippen LogP contribution is -1.95. The van der Waals surface area contributed by atoms with E-state index in [9.17, 15) is 43.2 Å². The molecule has 0 aliphatic heterocycles. The predicted octanol–water partition coefficient (Wildman–Crippen LogP) is 7.11. The number of hydrogen-bond acceptors (Lipinski definition) is 18. The van der Waals surface area contributed by atoms with E-state index < -0.39 is 4.30 Å². The molecule has 0 radical (unpaired) electrons. The fourth-order valence-corrected chi connectivity index (χ4v) is 1.83. The van der Waals surface area contributed by atoms with E-state index in [0.717, 1.165) is 0 Å². The molecule has 0 aliphatic rings. The molecule has 0 fully saturated rings. The number of hydrogen-bond donors (Lipinski definition) is 0. The van der Waals surface area contributed by atoms with Crippen LogP contribution in [-0.2, 0) is 85.8 Å². The largest absolute Gasteiger partial charge is 0.466 e. The molecule has 18 nitrogen and oxygen atoms in total. The molecule has 0 aromatic carbocycles. The average Bonchev–Trinajstić information content (AvgIpc) is 3.03. The minimum absolute atomic E-state index is 0.211. The predicted molar refractivity (Wildman–Crippen MR) is 222 cm³/mol. The van der Waals surface area contributed by atoms with Gasteiger partial charge in [0.25, 0.3) is 0 Å². The van der Waals surface area contributed by atoms with Gasteiger partial charge in [-0.15, -0.1) is 0 Å². The van der Waals surface area contributed by atoms with Gasteiger partial charge in [0.2, 0.25) is 0 Å². The Morgan fingerprint density at radius 1 is 0.259 bits per heavy atom. The van der Waals surface area contributed by atoms with Gasteiger partial charge in [0, 0.05) is 62.3 Å². The Kier molecular flexibility index (Phi) is 100. The van der Waals surface area contributed by atoms with E-state index in [1.54, 1.807) is 62.3 Å². The maximum atomic E-state index is 9.82. The molecule has 0 aromatic rings. The summed E-state index contributed by atoms with van der Waals surface area (Å²) < 4.78 is 38.9. The van der Waals surface area contributed by atoms with Crippen LogP contribution in [0.25, 0.3) is 0 Å². The Morgan fingerprint density at radius 3 is 0.310 bits per heavy atom. The topological polar surface area (TPSA) is 237 Å². The molecule has 350 valence electrons. The summed E-state index contributed by atoms with van der Waals surface area (Å²) in [4.78, 5) is 88.4. The molecule has 58 heavy (non-hydrogen) atoms. The van der Waals surface area contributed by atoms with E-state index in [1.165, 1.54) is 62.3 Å². The van der Waals surface area contributed by atoms with E-state index in [2.05, 4.69) is 42.6 Å². The molecule has 0 heterocycles. The Balaban J connectivity index is -0.0000000553. The van der Waals surface area contributed by atoms with Gasteiger partial charge in [0.05, 0.1) is 59.5 Å². The van der Waals surface area contributed by atoms with E-state index in [1.807, 2.05) is 0 Å². The zero-order valence-corrected chi connectivity index (χ0v) is 40.2. The molecule has 0 saturated heterocycles. The van der Waals surface area contributed by atoms with Crippen molar-refractivity contribution in [2.75, 3.05) is 59.5 Å². The summed E-state index contributed by atoms with van der Waals surface area (Å²) in [5, 5.41) is 0. The van der Waals surface area contributed by atoms with Crippen LogP contribution in [0.3, 0.4) is 0 Å². The van der Waals surface area contributed by atoms with Gasteiger partial charge in [-0.1, -0.05) is 34.8 Å². The molecule has 0 spiro atoms. The van der Waals surface area contributed by atoms with Gasteiger partial charge < -0.3 is 42.6 Å². The number of rotatable bonds is 9. The summed E-state index contributed by atoms with van der Waals surface area (Å²) in [7, 11) is 0. The van der Waals surface area contributed by atoms with Crippen molar-refractivity contribution in [1.29, 1.82) is 0 Å². The summed E-state index contributed by atoms with van der Waals surface area (Å²) in [6, 6.07) is 0. The first kappa shape index (κ1) is 78.4. The van der Waals surface area contributed by atoms with Crippen molar-refractivity contribution in [1.82, 2.24) is 0 Å². The Bertz CT molecular complexity index is 733. The van der Waals surface area contributed by atoms with Crippen LogP contribution >= 0.6 is 34.8 Å². The summed E-state index contributed by atoms with van der Waals surface area (Å²) in [6.07, 6.45) is 0. The van der Waals surface area contributed by atoms with Crippen molar-refractivity contribution in [3.8, 4) is 0 Å². The number of esters is 9. The lowest BCUT2D eigenvalue weighted by molar-refractivity contribution is -0.141. The highest BCUT2D eigenvalue weighted by atomic mass is 35.6. The van der Waals surface area contributed by atoms with Crippen LogP contribution in [-0.4, -0.2) is 117 Å². The first-order valence-corrected chi connectivity index (χ1v) is 19.1. The molecule has 0 atom stereocenters. The zero-order chi connectivity index (χ0) is 48.5. The summed E-state index contributed by atoms with van der Waals surface area (Å²) in [6.45, 7) is 32.9. The number of alkyl halides is 3. The first-order valence-electron chi connectivity index (χ1n) is 17.8. The van der Waals surface area contributed by atoms with Crippen LogP contribution in [0.4, 0.5) is 0 Å². The molecule has 0 amide bonds. The van der Waals surface area contributed by atoms with Crippen LogP contribution in [0.5, 0.6) is 0 Å². The number of carbonyl (C=O) groups is 9. The van der Waals surface area contributed by atoms with Gasteiger partial charge in [-0.3, -0.25) is 43.2 Å². The molecule has 0 rings (SSSR count). The number of halogens is 3. The lowest BCUT2D eigenvalue weighted by Gasteiger charge is -1.89. The Labute approximate surface area is 361 Å². The van der Waals surface area contributed by atoms with Crippen molar-refractivity contribution in [3.63, 3.8) is 0 Å². The maximum Gasteiger partial charge on any atom is 0.302 e. The SMILES string of the molecule is CCOC(C)=O.CCOC(C)=O.CCOC(C)=O.CCOC(C)=O.CCOC(C)=O.CCOC(C)=O.CCOC(C)=O.CCOC(C)=O.CCOC(C)=O.ClC(Cl)Cl. The van der Waals surface area contributed by atoms with Crippen molar-refractivity contribution in [2.24, 2.45) is 0 Å². The first-order chi connectivity index (χ1) is 26.7.